The maximum absolute atomic E-state index is 4.16. The number of nitrogens with zero attached hydrogens (tertiary/aromatic N) is 3. The SMILES string of the molecule is Cc1cc(-n2cncn2)cc(C(C)(C)C)c1. The van der Waals surface area contributed by atoms with Gasteiger partial charge >= 0.3 is 0 Å². The number of rotatable bonds is 1. The molecule has 0 aliphatic rings. The molecule has 0 unspecified atom stereocenters. The standard InChI is InChI=1S/C13H17N3/c1-10-5-11(13(2,3)4)7-12(6-10)16-9-14-8-15-16/h5-9H,1-4H3. The van der Waals surface area contributed by atoms with E-state index in [0.29, 0.717) is 0 Å². The van der Waals surface area contributed by atoms with E-state index in [4.69, 9.17) is 0 Å². The minimum absolute atomic E-state index is 0.154. The van der Waals surface area contributed by atoms with Gasteiger partial charge in [0.05, 0.1) is 5.69 Å². The smallest absolute Gasteiger partial charge is 0.138 e. The molecule has 16 heavy (non-hydrogen) atoms. The lowest BCUT2D eigenvalue weighted by molar-refractivity contribution is 0.589. The number of aryl methyl sites for hydroxylation is 1. The normalized spacial score (nSPS) is 11.8. The molecule has 3 heteroatoms. The van der Waals surface area contributed by atoms with Crippen LogP contribution >= 0.6 is 0 Å². The fourth-order valence-corrected chi connectivity index (χ4v) is 1.67. The Morgan fingerprint density at radius 1 is 1.12 bits per heavy atom. The van der Waals surface area contributed by atoms with Crippen LogP contribution in [0, 0.1) is 6.92 Å². The summed E-state index contributed by atoms with van der Waals surface area (Å²) in [6.07, 6.45) is 3.28. The minimum atomic E-state index is 0.154. The average Bonchev–Trinajstić information content (AvgIpc) is 2.68. The zero-order valence-electron chi connectivity index (χ0n) is 10.2. The summed E-state index contributed by atoms with van der Waals surface area (Å²) < 4.78 is 1.79. The van der Waals surface area contributed by atoms with Crippen molar-refractivity contribution in [2.24, 2.45) is 0 Å². The van der Waals surface area contributed by atoms with Crippen molar-refractivity contribution in [2.75, 3.05) is 0 Å². The Hall–Kier alpha value is -1.64. The van der Waals surface area contributed by atoms with Gasteiger partial charge in [-0.25, -0.2) is 9.67 Å². The van der Waals surface area contributed by atoms with E-state index in [2.05, 4.69) is 56.0 Å². The highest BCUT2D eigenvalue weighted by Crippen LogP contribution is 2.25. The average molecular weight is 215 g/mol. The third-order valence-corrected chi connectivity index (χ3v) is 2.61. The summed E-state index contributed by atoms with van der Waals surface area (Å²) in [6.45, 7) is 8.75. The van der Waals surface area contributed by atoms with Crippen molar-refractivity contribution in [3.8, 4) is 5.69 Å². The Morgan fingerprint density at radius 3 is 2.44 bits per heavy atom. The zero-order valence-corrected chi connectivity index (χ0v) is 10.2. The number of aromatic nitrogens is 3. The molecule has 0 saturated heterocycles. The van der Waals surface area contributed by atoms with Gasteiger partial charge in [-0.2, -0.15) is 5.10 Å². The molecule has 0 radical (unpaired) electrons. The van der Waals surface area contributed by atoms with Crippen LogP contribution in [0.15, 0.2) is 30.9 Å². The van der Waals surface area contributed by atoms with Crippen LogP contribution in [0.5, 0.6) is 0 Å². The summed E-state index contributed by atoms with van der Waals surface area (Å²) in [7, 11) is 0. The summed E-state index contributed by atoms with van der Waals surface area (Å²) in [5.41, 5.74) is 3.79. The lowest BCUT2D eigenvalue weighted by Gasteiger charge is -2.20. The summed E-state index contributed by atoms with van der Waals surface area (Å²) in [5, 5.41) is 4.16. The van der Waals surface area contributed by atoms with Gasteiger partial charge in [-0.3, -0.25) is 0 Å². The maximum atomic E-state index is 4.16. The fraction of sp³-hybridized carbons (Fsp3) is 0.385. The monoisotopic (exact) mass is 215 g/mol. The van der Waals surface area contributed by atoms with Crippen molar-refractivity contribution in [1.82, 2.24) is 14.8 Å². The highest BCUT2D eigenvalue weighted by Gasteiger charge is 2.15. The van der Waals surface area contributed by atoms with Crippen LogP contribution in [0.3, 0.4) is 0 Å². The predicted octanol–water partition coefficient (Wildman–Crippen LogP) is 2.87. The van der Waals surface area contributed by atoms with Gasteiger partial charge in [0.1, 0.15) is 12.7 Å². The van der Waals surface area contributed by atoms with Crippen LogP contribution in [0.2, 0.25) is 0 Å². The summed E-state index contributed by atoms with van der Waals surface area (Å²) in [4.78, 5) is 3.97. The van der Waals surface area contributed by atoms with Crippen molar-refractivity contribution in [3.63, 3.8) is 0 Å². The molecular weight excluding hydrogens is 198 g/mol. The molecule has 0 bridgehead atoms. The lowest BCUT2D eigenvalue weighted by atomic mass is 9.86. The Balaban J connectivity index is 2.53. The van der Waals surface area contributed by atoms with Gasteiger partial charge in [0.15, 0.2) is 0 Å². The molecule has 0 N–H and O–H groups in total. The van der Waals surface area contributed by atoms with Gasteiger partial charge in [-0.05, 0) is 35.6 Å². The van der Waals surface area contributed by atoms with Crippen LogP contribution in [0.25, 0.3) is 5.69 Å². The Morgan fingerprint density at radius 2 is 1.88 bits per heavy atom. The molecular formula is C13H17N3. The van der Waals surface area contributed by atoms with Crippen LogP contribution < -0.4 is 0 Å². The second-order valence-corrected chi connectivity index (χ2v) is 5.15. The lowest BCUT2D eigenvalue weighted by Crippen LogP contribution is -2.12. The van der Waals surface area contributed by atoms with Crippen molar-refractivity contribution in [1.29, 1.82) is 0 Å². The molecule has 1 heterocycles. The first-order valence-corrected chi connectivity index (χ1v) is 5.44. The first kappa shape index (κ1) is 10.9. The first-order chi connectivity index (χ1) is 7.47. The number of hydrogen-bond acceptors (Lipinski definition) is 2. The molecule has 1 aromatic heterocycles. The van der Waals surface area contributed by atoms with Crippen LogP contribution in [0.1, 0.15) is 31.9 Å². The van der Waals surface area contributed by atoms with E-state index in [-0.39, 0.29) is 5.41 Å². The second kappa shape index (κ2) is 3.74. The van der Waals surface area contributed by atoms with E-state index in [1.807, 2.05) is 0 Å². The van der Waals surface area contributed by atoms with Crippen molar-refractivity contribution in [3.05, 3.63) is 42.0 Å². The van der Waals surface area contributed by atoms with Gasteiger partial charge in [0.2, 0.25) is 0 Å². The van der Waals surface area contributed by atoms with Crippen LogP contribution in [-0.2, 0) is 5.41 Å². The predicted molar refractivity (Wildman–Crippen MR) is 64.8 cm³/mol. The molecule has 1 aromatic carbocycles. The largest absolute Gasteiger partial charge is 0.223 e. The highest BCUT2D eigenvalue weighted by atomic mass is 15.3. The topological polar surface area (TPSA) is 30.7 Å². The first-order valence-electron chi connectivity index (χ1n) is 5.44. The van der Waals surface area contributed by atoms with Gasteiger partial charge in [0.25, 0.3) is 0 Å². The summed E-state index contributed by atoms with van der Waals surface area (Å²) in [5.74, 6) is 0. The molecule has 0 fully saturated rings. The maximum Gasteiger partial charge on any atom is 0.138 e. The Bertz CT molecular complexity index is 478. The highest BCUT2D eigenvalue weighted by molar-refractivity contribution is 5.41. The molecule has 0 saturated carbocycles. The molecule has 2 rings (SSSR count). The molecule has 0 aliphatic heterocycles. The number of benzene rings is 1. The molecule has 3 nitrogen and oxygen atoms in total. The Labute approximate surface area is 96.1 Å². The van der Waals surface area contributed by atoms with Gasteiger partial charge < -0.3 is 0 Å². The molecule has 0 aliphatic carbocycles. The van der Waals surface area contributed by atoms with Crippen molar-refractivity contribution in [2.45, 2.75) is 33.1 Å². The fourth-order valence-electron chi connectivity index (χ4n) is 1.67. The molecule has 0 amide bonds. The van der Waals surface area contributed by atoms with Crippen molar-refractivity contribution >= 4 is 0 Å². The summed E-state index contributed by atoms with van der Waals surface area (Å²) in [6, 6.07) is 6.51. The van der Waals surface area contributed by atoms with Crippen LogP contribution in [-0.4, -0.2) is 14.8 Å². The third kappa shape index (κ3) is 2.13. The van der Waals surface area contributed by atoms with E-state index < -0.39 is 0 Å². The van der Waals surface area contributed by atoms with E-state index in [1.54, 1.807) is 17.3 Å². The minimum Gasteiger partial charge on any atom is -0.223 e. The van der Waals surface area contributed by atoms with E-state index >= 15 is 0 Å². The van der Waals surface area contributed by atoms with Crippen LogP contribution in [0.4, 0.5) is 0 Å². The van der Waals surface area contributed by atoms with E-state index in [1.165, 1.54) is 11.1 Å². The van der Waals surface area contributed by atoms with E-state index in [9.17, 15) is 0 Å². The zero-order chi connectivity index (χ0) is 11.8. The summed E-state index contributed by atoms with van der Waals surface area (Å²) >= 11 is 0. The second-order valence-electron chi connectivity index (χ2n) is 5.15. The van der Waals surface area contributed by atoms with E-state index in [0.717, 1.165) is 5.69 Å². The quantitative estimate of drug-likeness (QED) is 0.732. The Kier molecular flexibility index (Phi) is 2.54. The van der Waals surface area contributed by atoms with Gasteiger partial charge in [0, 0.05) is 0 Å². The van der Waals surface area contributed by atoms with Gasteiger partial charge in [-0.1, -0.05) is 26.8 Å². The molecule has 84 valence electrons. The number of hydrogen-bond donors (Lipinski definition) is 0. The molecule has 0 atom stereocenters. The third-order valence-electron chi connectivity index (χ3n) is 2.61. The van der Waals surface area contributed by atoms with Crippen molar-refractivity contribution < 1.29 is 0 Å². The van der Waals surface area contributed by atoms with Gasteiger partial charge in [-0.15, -0.1) is 0 Å². The molecule has 0 spiro atoms. The molecule has 2 aromatic rings.